The predicted octanol–water partition coefficient (Wildman–Crippen LogP) is 2.20. The summed E-state index contributed by atoms with van der Waals surface area (Å²) in [5.41, 5.74) is 3.00. The Labute approximate surface area is 145 Å². The van der Waals surface area contributed by atoms with Gasteiger partial charge in [0.15, 0.2) is 0 Å². The van der Waals surface area contributed by atoms with E-state index in [-0.39, 0.29) is 11.9 Å². The first kappa shape index (κ1) is 15.6. The molecule has 0 saturated heterocycles. The SMILES string of the molecule is CCC(C(=O)N1CCc2nc(-c3cccnc3)[nH]c2C1)n1cccn1. The van der Waals surface area contributed by atoms with Gasteiger partial charge in [-0.15, -0.1) is 0 Å². The normalized spacial score (nSPS) is 15.0. The van der Waals surface area contributed by atoms with Crippen molar-refractivity contribution in [3.63, 3.8) is 0 Å². The largest absolute Gasteiger partial charge is 0.340 e. The Balaban J connectivity index is 1.55. The lowest BCUT2D eigenvalue weighted by Crippen LogP contribution is -2.40. The molecule has 0 bridgehead atoms. The van der Waals surface area contributed by atoms with Crippen molar-refractivity contribution in [3.05, 3.63) is 54.4 Å². The average molecular weight is 336 g/mol. The smallest absolute Gasteiger partial charge is 0.247 e. The van der Waals surface area contributed by atoms with E-state index in [9.17, 15) is 4.79 Å². The van der Waals surface area contributed by atoms with Crippen molar-refractivity contribution in [1.29, 1.82) is 0 Å². The quantitative estimate of drug-likeness (QED) is 0.792. The molecule has 7 nitrogen and oxygen atoms in total. The van der Waals surface area contributed by atoms with Gasteiger partial charge in [0.05, 0.1) is 17.9 Å². The number of imidazole rings is 1. The summed E-state index contributed by atoms with van der Waals surface area (Å²) in [6, 6.07) is 5.46. The number of fused-ring (bicyclic) bond motifs is 1. The summed E-state index contributed by atoms with van der Waals surface area (Å²) in [4.78, 5) is 27.0. The third kappa shape index (κ3) is 2.93. The first-order chi connectivity index (χ1) is 12.3. The second kappa shape index (κ2) is 6.51. The van der Waals surface area contributed by atoms with Gasteiger partial charge >= 0.3 is 0 Å². The van der Waals surface area contributed by atoms with Crippen LogP contribution in [-0.4, -0.2) is 42.1 Å². The number of pyridine rings is 1. The monoisotopic (exact) mass is 336 g/mol. The highest BCUT2D eigenvalue weighted by Crippen LogP contribution is 2.24. The van der Waals surface area contributed by atoms with Gasteiger partial charge in [-0.1, -0.05) is 6.92 Å². The average Bonchev–Trinajstić information content (AvgIpc) is 3.32. The standard InChI is InChI=1S/C18H20N6O/c1-2-16(24-9-4-8-20-24)18(25)23-10-6-14-15(12-23)22-17(21-14)13-5-3-7-19-11-13/h3-5,7-9,11,16H,2,6,10,12H2,1H3,(H,21,22). The molecule has 4 rings (SSSR count). The summed E-state index contributed by atoms with van der Waals surface area (Å²) in [6.45, 7) is 3.25. The molecule has 1 aliphatic heterocycles. The number of carbonyl (C=O) groups is 1. The van der Waals surface area contributed by atoms with Crippen LogP contribution in [0.3, 0.4) is 0 Å². The van der Waals surface area contributed by atoms with Crippen LogP contribution in [0.5, 0.6) is 0 Å². The van der Waals surface area contributed by atoms with Crippen LogP contribution in [0.25, 0.3) is 11.4 Å². The van der Waals surface area contributed by atoms with Gasteiger partial charge in [0.1, 0.15) is 11.9 Å². The van der Waals surface area contributed by atoms with Gasteiger partial charge in [0.25, 0.3) is 0 Å². The molecule has 0 aliphatic carbocycles. The number of rotatable bonds is 4. The van der Waals surface area contributed by atoms with Crippen molar-refractivity contribution in [2.24, 2.45) is 0 Å². The molecular formula is C18H20N6O. The maximum Gasteiger partial charge on any atom is 0.247 e. The van der Waals surface area contributed by atoms with Crippen LogP contribution in [0.1, 0.15) is 30.8 Å². The van der Waals surface area contributed by atoms with Gasteiger partial charge in [-0.2, -0.15) is 5.10 Å². The third-order valence-electron chi connectivity index (χ3n) is 4.59. The minimum atomic E-state index is -0.253. The zero-order valence-corrected chi connectivity index (χ0v) is 14.1. The number of aromatic nitrogens is 5. The Kier molecular flexibility index (Phi) is 4.05. The van der Waals surface area contributed by atoms with Crippen molar-refractivity contribution in [2.45, 2.75) is 32.4 Å². The maximum absolute atomic E-state index is 12.9. The van der Waals surface area contributed by atoms with Crippen LogP contribution in [-0.2, 0) is 17.8 Å². The maximum atomic E-state index is 12.9. The van der Waals surface area contributed by atoms with Crippen LogP contribution < -0.4 is 0 Å². The number of hydrogen-bond acceptors (Lipinski definition) is 4. The molecule has 1 aliphatic rings. The van der Waals surface area contributed by atoms with Crippen molar-refractivity contribution in [3.8, 4) is 11.4 Å². The fourth-order valence-corrected chi connectivity index (χ4v) is 3.27. The highest BCUT2D eigenvalue weighted by molar-refractivity contribution is 5.80. The summed E-state index contributed by atoms with van der Waals surface area (Å²) in [5, 5.41) is 4.23. The fraction of sp³-hybridized carbons (Fsp3) is 0.333. The Morgan fingerprint density at radius 2 is 2.28 bits per heavy atom. The molecule has 7 heteroatoms. The van der Waals surface area contributed by atoms with E-state index in [0.717, 1.165) is 29.2 Å². The second-order valence-corrected chi connectivity index (χ2v) is 6.17. The summed E-state index contributed by atoms with van der Waals surface area (Å²) in [7, 11) is 0. The Morgan fingerprint density at radius 3 is 3.00 bits per heavy atom. The number of hydrogen-bond donors (Lipinski definition) is 1. The van der Waals surface area contributed by atoms with E-state index in [1.807, 2.05) is 36.2 Å². The highest BCUT2D eigenvalue weighted by atomic mass is 16.2. The number of nitrogens with zero attached hydrogens (tertiary/aromatic N) is 5. The molecule has 128 valence electrons. The fourth-order valence-electron chi connectivity index (χ4n) is 3.27. The number of carbonyl (C=O) groups excluding carboxylic acids is 1. The summed E-state index contributed by atoms with van der Waals surface area (Å²) >= 11 is 0. The summed E-state index contributed by atoms with van der Waals surface area (Å²) < 4.78 is 1.74. The minimum absolute atomic E-state index is 0.106. The Hall–Kier alpha value is -2.96. The molecule has 1 N–H and O–H groups in total. The highest BCUT2D eigenvalue weighted by Gasteiger charge is 2.29. The topological polar surface area (TPSA) is 79.7 Å². The van der Waals surface area contributed by atoms with Gasteiger partial charge in [-0.05, 0) is 24.6 Å². The van der Waals surface area contributed by atoms with Gasteiger partial charge in [-0.25, -0.2) is 4.98 Å². The van der Waals surface area contributed by atoms with Crippen molar-refractivity contribution >= 4 is 5.91 Å². The molecule has 0 aromatic carbocycles. The van der Waals surface area contributed by atoms with Crippen LogP contribution in [0.4, 0.5) is 0 Å². The van der Waals surface area contributed by atoms with Crippen LogP contribution in [0, 0.1) is 0 Å². The molecule has 0 fully saturated rings. The van der Waals surface area contributed by atoms with E-state index in [1.54, 1.807) is 23.3 Å². The zero-order valence-electron chi connectivity index (χ0n) is 14.1. The second-order valence-electron chi connectivity index (χ2n) is 6.17. The lowest BCUT2D eigenvalue weighted by molar-refractivity contribution is -0.136. The number of H-pyrrole nitrogens is 1. The first-order valence-electron chi connectivity index (χ1n) is 8.52. The van der Waals surface area contributed by atoms with E-state index in [1.165, 1.54) is 0 Å². The van der Waals surface area contributed by atoms with E-state index >= 15 is 0 Å². The van der Waals surface area contributed by atoms with Crippen molar-refractivity contribution < 1.29 is 4.79 Å². The molecule has 25 heavy (non-hydrogen) atoms. The molecule has 1 atom stereocenters. The van der Waals surface area contributed by atoms with Gasteiger partial charge < -0.3 is 9.88 Å². The predicted molar refractivity (Wildman–Crippen MR) is 92.5 cm³/mol. The van der Waals surface area contributed by atoms with Gasteiger partial charge in [-0.3, -0.25) is 14.5 Å². The van der Waals surface area contributed by atoms with Gasteiger partial charge in [0.2, 0.25) is 5.91 Å². The number of nitrogens with one attached hydrogen (secondary N) is 1. The van der Waals surface area contributed by atoms with Crippen LogP contribution in [0.2, 0.25) is 0 Å². The molecule has 0 radical (unpaired) electrons. The lowest BCUT2D eigenvalue weighted by Gasteiger charge is -2.29. The van der Waals surface area contributed by atoms with E-state index in [4.69, 9.17) is 0 Å². The molecule has 1 unspecified atom stereocenters. The molecule has 4 heterocycles. The summed E-state index contributed by atoms with van der Waals surface area (Å²) in [5.74, 6) is 0.917. The zero-order chi connectivity index (χ0) is 17.2. The number of aromatic amines is 1. The van der Waals surface area contributed by atoms with Gasteiger partial charge in [0, 0.05) is 43.3 Å². The van der Waals surface area contributed by atoms with E-state index < -0.39 is 0 Å². The Morgan fingerprint density at radius 1 is 1.36 bits per heavy atom. The Bertz CT molecular complexity index is 855. The first-order valence-corrected chi connectivity index (χ1v) is 8.52. The molecule has 3 aromatic heterocycles. The van der Waals surface area contributed by atoms with E-state index in [2.05, 4.69) is 20.1 Å². The number of amides is 1. The molecule has 0 saturated carbocycles. The molecule has 1 amide bonds. The molecular weight excluding hydrogens is 316 g/mol. The lowest BCUT2D eigenvalue weighted by atomic mass is 10.1. The molecule has 0 spiro atoms. The summed E-state index contributed by atoms with van der Waals surface area (Å²) in [6.07, 6.45) is 8.56. The third-order valence-corrected chi connectivity index (χ3v) is 4.59. The minimum Gasteiger partial charge on any atom is -0.340 e. The van der Waals surface area contributed by atoms with Crippen LogP contribution in [0.15, 0.2) is 43.0 Å². The van der Waals surface area contributed by atoms with Crippen molar-refractivity contribution in [2.75, 3.05) is 6.54 Å². The van der Waals surface area contributed by atoms with Crippen molar-refractivity contribution in [1.82, 2.24) is 29.6 Å². The van der Waals surface area contributed by atoms with E-state index in [0.29, 0.717) is 19.5 Å². The molecule has 3 aromatic rings. The van der Waals surface area contributed by atoms with Crippen LogP contribution >= 0.6 is 0 Å².